The summed E-state index contributed by atoms with van der Waals surface area (Å²) in [5.41, 5.74) is 0.696. The molecule has 4 heteroatoms. The van der Waals surface area contributed by atoms with Gasteiger partial charge in [0.2, 0.25) is 0 Å². The fourth-order valence-corrected chi connectivity index (χ4v) is 4.93. The quantitative estimate of drug-likeness (QED) is 0.646. The van der Waals surface area contributed by atoms with Crippen molar-refractivity contribution in [2.45, 2.75) is 70.0 Å². The number of hydrogen-bond acceptors (Lipinski definition) is 2. The smallest absolute Gasteiger partial charge is 0.271 e. The van der Waals surface area contributed by atoms with Crippen LogP contribution in [0.1, 0.15) is 75.5 Å². The van der Waals surface area contributed by atoms with Gasteiger partial charge in [0.25, 0.3) is 10.1 Å². The van der Waals surface area contributed by atoms with Gasteiger partial charge in [-0.1, -0.05) is 88.6 Å². The molecule has 23 heavy (non-hydrogen) atoms. The van der Waals surface area contributed by atoms with Gasteiger partial charge in [0.1, 0.15) is 5.25 Å². The lowest BCUT2D eigenvalue weighted by molar-refractivity contribution is 0.247. The van der Waals surface area contributed by atoms with Crippen LogP contribution in [0.2, 0.25) is 0 Å². The van der Waals surface area contributed by atoms with Crippen LogP contribution in [0.15, 0.2) is 30.3 Å². The van der Waals surface area contributed by atoms with Crippen LogP contribution in [0, 0.1) is 11.8 Å². The molecule has 1 aliphatic rings. The zero-order chi connectivity index (χ0) is 16.7. The van der Waals surface area contributed by atoms with E-state index in [0.29, 0.717) is 12.0 Å². The summed E-state index contributed by atoms with van der Waals surface area (Å²) < 4.78 is 32.9. The van der Waals surface area contributed by atoms with Gasteiger partial charge in [-0.3, -0.25) is 4.55 Å². The van der Waals surface area contributed by atoms with E-state index in [-0.39, 0.29) is 0 Å². The Balaban J connectivity index is 1.82. The van der Waals surface area contributed by atoms with E-state index in [2.05, 4.69) is 6.92 Å². The van der Waals surface area contributed by atoms with Gasteiger partial charge in [0.15, 0.2) is 0 Å². The molecule has 1 unspecified atom stereocenters. The third kappa shape index (κ3) is 5.92. The van der Waals surface area contributed by atoms with E-state index < -0.39 is 15.4 Å². The average molecular weight is 339 g/mol. The summed E-state index contributed by atoms with van der Waals surface area (Å²) in [5.74, 6) is 1.65. The Morgan fingerprint density at radius 3 is 2.13 bits per heavy atom. The molecule has 1 saturated carbocycles. The average Bonchev–Trinajstić information content (AvgIpc) is 2.53. The Labute approximate surface area is 141 Å². The molecule has 0 bridgehead atoms. The van der Waals surface area contributed by atoms with Crippen LogP contribution in [0.5, 0.6) is 0 Å². The van der Waals surface area contributed by atoms with Crippen molar-refractivity contribution in [3.05, 3.63) is 35.9 Å². The molecule has 0 radical (unpaired) electrons. The fourth-order valence-electron chi connectivity index (χ4n) is 3.96. The van der Waals surface area contributed by atoms with Crippen molar-refractivity contribution in [2.24, 2.45) is 11.8 Å². The van der Waals surface area contributed by atoms with Gasteiger partial charge in [0.05, 0.1) is 0 Å². The Morgan fingerprint density at radius 2 is 1.61 bits per heavy atom. The van der Waals surface area contributed by atoms with Crippen LogP contribution in [0.4, 0.5) is 0 Å². The van der Waals surface area contributed by atoms with Crippen molar-refractivity contribution in [1.29, 1.82) is 0 Å². The summed E-state index contributed by atoms with van der Waals surface area (Å²) in [6.45, 7) is 2.26. The Bertz CT molecular complexity index is 545. The SMILES string of the molecule is CCCC1CCC(CCCC(c2ccccc2)S(=O)(=O)O)CC1. The van der Waals surface area contributed by atoms with Crippen LogP contribution in [0.25, 0.3) is 0 Å². The van der Waals surface area contributed by atoms with E-state index >= 15 is 0 Å². The van der Waals surface area contributed by atoms with Gasteiger partial charge in [-0.05, 0) is 23.8 Å². The van der Waals surface area contributed by atoms with Gasteiger partial charge < -0.3 is 0 Å². The molecule has 130 valence electrons. The second-order valence-corrected chi connectivity index (χ2v) is 8.62. The summed E-state index contributed by atoms with van der Waals surface area (Å²) in [7, 11) is -4.04. The molecule has 0 spiro atoms. The molecule has 0 heterocycles. The van der Waals surface area contributed by atoms with Crippen molar-refractivity contribution < 1.29 is 13.0 Å². The summed E-state index contributed by atoms with van der Waals surface area (Å²) >= 11 is 0. The van der Waals surface area contributed by atoms with Gasteiger partial charge in [-0.25, -0.2) is 0 Å². The molecule has 0 aromatic heterocycles. The highest BCUT2D eigenvalue weighted by atomic mass is 32.2. The van der Waals surface area contributed by atoms with E-state index in [1.165, 1.54) is 38.5 Å². The van der Waals surface area contributed by atoms with Crippen LogP contribution in [-0.2, 0) is 10.1 Å². The zero-order valence-corrected chi connectivity index (χ0v) is 15.0. The first-order valence-electron chi connectivity index (χ1n) is 9.02. The Morgan fingerprint density at radius 1 is 1.04 bits per heavy atom. The molecule has 3 nitrogen and oxygen atoms in total. The van der Waals surface area contributed by atoms with Crippen LogP contribution >= 0.6 is 0 Å². The second kappa shape index (κ2) is 8.84. The van der Waals surface area contributed by atoms with Crippen LogP contribution in [-0.4, -0.2) is 13.0 Å². The Kier molecular flexibility index (Phi) is 7.09. The van der Waals surface area contributed by atoms with Gasteiger partial charge >= 0.3 is 0 Å². The molecule has 1 aromatic rings. The first kappa shape index (κ1) is 18.5. The van der Waals surface area contributed by atoms with Crippen molar-refractivity contribution in [3.63, 3.8) is 0 Å². The van der Waals surface area contributed by atoms with Crippen molar-refractivity contribution in [1.82, 2.24) is 0 Å². The largest absolute Gasteiger partial charge is 0.285 e. The fraction of sp³-hybridized carbons (Fsp3) is 0.684. The molecule has 1 fully saturated rings. The zero-order valence-electron chi connectivity index (χ0n) is 14.2. The van der Waals surface area contributed by atoms with Gasteiger partial charge in [0, 0.05) is 0 Å². The molecule has 1 aromatic carbocycles. The predicted octanol–water partition coefficient (Wildman–Crippen LogP) is 5.39. The lowest BCUT2D eigenvalue weighted by atomic mass is 9.78. The van der Waals surface area contributed by atoms with E-state index in [0.717, 1.165) is 24.7 Å². The van der Waals surface area contributed by atoms with Crippen LogP contribution < -0.4 is 0 Å². The molecule has 1 atom stereocenters. The molecule has 0 amide bonds. The standard InChI is InChI=1S/C19H30O3S/c1-2-7-16-12-14-17(15-13-16)8-6-11-19(23(20,21)22)18-9-4-3-5-10-18/h3-5,9-10,16-17,19H,2,6-8,11-15H2,1H3,(H,20,21,22). The van der Waals surface area contributed by atoms with Crippen molar-refractivity contribution in [3.8, 4) is 0 Å². The van der Waals surface area contributed by atoms with E-state index in [4.69, 9.17) is 0 Å². The Hall–Kier alpha value is -0.870. The number of hydrogen-bond donors (Lipinski definition) is 1. The monoisotopic (exact) mass is 338 g/mol. The summed E-state index contributed by atoms with van der Waals surface area (Å²) in [6.07, 6.45) is 10.3. The lowest BCUT2D eigenvalue weighted by Crippen LogP contribution is -2.16. The summed E-state index contributed by atoms with van der Waals surface area (Å²) in [4.78, 5) is 0. The maximum Gasteiger partial charge on any atom is 0.271 e. The molecular formula is C19H30O3S. The minimum atomic E-state index is -4.04. The predicted molar refractivity (Wildman–Crippen MR) is 94.9 cm³/mol. The number of rotatable bonds is 8. The molecule has 2 rings (SSSR count). The van der Waals surface area contributed by atoms with Crippen molar-refractivity contribution >= 4 is 10.1 Å². The normalized spacial score (nSPS) is 23.6. The first-order valence-corrected chi connectivity index (χ1v) is 10.5. The summed E-state index contributed by atoms with van der Waals surface area (Å²) in [5, 5.41) is -0.778. The highest BCUT2D eigenvalue weighted by Crippen LogP contribution is 2.35. The van der Waals surface area contributed by atoms with E-state index in [1.807, 2.05) is 18.2 Å². The third-order valence-electron chi connectivity index (χ3n) is 5.27. The molecule has 0 aliphatic heterocycles. The van der Waals surface area contributed by atoms with Gasteiger partial charge in [-0.2, -0.15) is 8.42 Å². The highest BCUT2D eigenvalue weighted by molar-refractivity contribution is 7.86. The minimum Gasteiger partial charge on any atom is -0.285 e. The van der Waals surface area contributed by atoms with Crippen molar-refractivity contribution in [2.75, 3.05) is 0 Å². The number of benzene rings is 1. The topological polar surface area (TPSA) is 54.4 Å². The van der Waals surface area contributed by atoms with E-state index in [1.54, 1.807) is 12.1 Å². The molecular weight excluding hydrogens is 308 g/mol. The summed E-state index contributed by atoms with van der Waals surface area (Å²) in [6, 6.07) is 9.08. The van der Waals surface area contributed by atoms with E-state index in [9.17, 15) is 13.0 Å². The lowest BCUT2D eigenvalue weighted by Gasteiger charge is -2.28. The van der Waals surface area contributed by atoms with Gasteiger partial charge in [-0.15, -0.1) is 0 Å². The molecule has 1 N–H and O–H groups in total. The minimum absolute atomic E-state index is 0.512. The maximum atomic E-state index is 11.7. The van der Waals surface area contributed by atoms with Crippen LogP contribution in [0.3, 0.4) is 0 Å². The molecule has 0 saturated heterocycles. The molecule has 1 aliphatic carbocycles. The maximum absolute atomic E-state index is 11.7. The first-order chi connectivity index (χ1) is 11.0. The highest BCUT2D eigenvalue weighted by Gasteiger charge is 2.26. The second-order valence-electron chi connectivity index (χ2n) is 7.02. The third-order valence-corrected chi connectivity index (χ3v) is 6.50.